The molecule has 94 valence electrons. The quantitative estimate of drug-likeness (QED) is 0.846. The average Bonchev–Trinajstić information content (AvgIpc) is 2.14. The zero-order chi connectivity index (χ0) is 13.2. The molecule has 0 amide bonds. The van der Waals surface area contributed by atoms with Gasteiger partial charge in [0.1, 0.15) is 5.75 Å². The highest BCUT2D eigenvalue weighted by Gasteiger charge is 2.22. The Morgan fingerprint density at radius 3 is 2.41 bits per heavy atom. The van der Waals surface area contributed by atoms with E-state index in [1.54, 1.807) is 6.07 Å². The molecule has 0 spiro atoms. The van der Waals surface area contributed by atoms with E-state index in [0.29, 0.717) is 5.56 Å². The van der Waals surface area contributed by atoms with Gasteiger partial charge >= 0.3 is 5.97 Å². The molecule has 0 heterocycles. The summed E-state index contributed by atoms with van der Waals surface area (Å²) in [6.45, 7) is 7.88. The van der Waals surface area contributed by atoms with E-state index in [1.165, 1.54) is 0 Å². The second-order valence-corrected chi connectivity index (χ2v) is 5.49. The van der Waals surface area contributed by atoms with Gasteiger partial charge in [0.25, 0.3) is 0 Å². The lowest BCUT2D eigenvalue weighted by molar-refractivity contribution is -0.137. The Morgan fingerprint density at radius 2 is 1.94 bits per heavy atom. The normalized spacial score (nSPS) is 13.4. The number of carboxylic acid groups (broad SMARTS) is 1. The Hall–Kier alpha value is -1.51. The summed E-state index contributed by atoms with van der Waals surface area (Å²) in [5.41, 5.74) is 1.41. The van der Waals surface area contributed by atoms with Crippen molar-refractivity contribution in [3.63, 3.8) is 0 Å². The molecular formula is C14H20O3. The van der Waals surface area contributed by atoms with E-state index < -0.39 is 5.97 Å². The summed E-state index contributed by atoms with van der Waals surface area (Å²) in [4.78, 5) is 10.7. The lowest BCUT2D eigenvalue weighted by atomic mass is 9.83. The summed E-state index contributed by atoms with van der Waals surface area (Å²) in [6, 6.07) is 5.54. The Balaban J connectivity index is 3.15. The van der Waals surface area contributed by atoms with E-state index in [-0.39, 0.29) is 23.5 Å². The van der Waals surface area contributed by atoms with Crippen molar-refractivity contribution in [2.45, 2.75) is 45.4 Å². The van der Waals surface area contributed by atoms with Crippen molar-refractivity contribution in [3.8, 4) is 5.75 Å². The number of para-hydroxylation sites is 1. The first-order valence-corrected chi connectivity index (χ1v) is 5.77. The third-order valence-electron chi connectivity index (χ3n) is 2.89. The number of carbonyl (C=O) groups is 1. The van der Waals surface area contributed by atoms with Crippen molar-refractivity contribution in [2.75, 3.05) is 0 Å². The topological polar surface area (TPSA) is 57.5 Å². The first kappa shape index (κ1) is 13.6. The summed E-state index contributed by atoms with van der Waals surface area (Å²) < 4.78 is 0. The Bertz CT molecular complexity index is 416. The number of benzene rings is 1. The maximum Gasteiger partial charge on any atom is 0.303 e. The van der Waals surface area contributed by atoms with E-state index in [1.807, 2.05) is 39.8 Å². The third kappa shape index (κ3) is 3.22. The van der Waals surface area contributed by atoms with Crippen molar-refractivity contribution in [3.05, 3.63) is 29.3 Å². The molecule has 0 aliphatic rings. The minimum Gasteiger partial charge on any atom is -0.507 e. The van der Waals surface area contributed by atoms with Crippen LogP contribution in [0.2, 0.25) is 0 Å². The first-order chi connectivity index (χ1) is 7.73. The number of carboxylic acids is 1. The predicted octanol–water partition coefficient (Wildman–Crippen LogP) is 3.27. The summed E-state index contributed by atoms with van der Waals surface area (Å²) in [5.74, 6) is -0.804. The molecular weight excluding hydrogens is 216 g/mol. The highest BCUT2D eigenvalue weighted by molar-refractivity contribution is 5.68. The van der Waals surface area contributed by atoms with Crippen LogP contribution in [0.25, 0.3) is 0 Å². The number of aromatic hydroxyl groups is 1. The first-order valence-electron chi connectivity index (χ1n) is 5.77. The SMILES string of the molecule is CC(CC(=O)O)c1cccc(C(C)(C)C)c1O. The molecule has 1 unspecified atom stereocenters. The van der Waals surface area contributed by atoms with Crippen molar-refractivity contribution < 1.29 is 15.0 Å². The molecule has 0 bridgehead atoms. The standard InChI is InChI=1S/C14H20O3/c1-9(8-12(15)16)10-6-5-7-11(13(10)17)14(2,3)4/h5-7,9,17H,8H2,1-4H3,(H,15,16). The summed E-state index contributed by atoms with van der Waals surface area (Å²) >= 11 is 0. The highest BCUT2D eigenvalue weighted by Crippen LogP contribution is 2.37. The number of phenols is 1. The minimum absolute atomic E-state index is 0.0289. The zero-order valence-electron chi connectivity index (χ0n) is 10.8. The molecule has 0 aliphatic carbocycles. The number of aliphatic carboxylic acids is 1. The summed E-state index contributed by atoms with van der Waals surface area (Å²) in [5, 5.41) is 19.0. The minimum atomic E-state index is -0.849. The Morgan fingerprint density at radius 1 is 1.35 bits per heavy atom. The van der Waals surface area contributed by atoms with Crippen LogP contribution in [0.1, 0.15) is 51.2 Å². The van der Waals surface area contributed by atoms with E-state index in [2.05, 4.69) is 0 Å². The van der Waals surface area contributed by atoms with E-state index in [0.717, 1.165) is 5.56 Å². The molecule has 1 aromatic carbocycles. The molecule has 0 fully saturated rings. The lowest BCUT2D eigenvalue weighted by Crippen LogP contribution is -2.13. The van der Waals surface area contributed by atoms with Gasteiger partial charge in [0.15, 0.2) is 0 Å². The van der Waals surface area contributed by atoms with Crippen LogP contribution in [-0.4, -0.2) is 16.2 Å². The molecule has 0 aliphatic heterocycles. The third-order valence-corrected chi connectivity index (χ3v) is 2.89. The predicted molar refractivity (Wildman–Crippen MR) is 67.5 cm³/mol. The molecule has 17 heavy (non-hydrogen) atoms. The van der Waals surface area contributed by atoms with Gasteiger partial charge in [0, 0.05) is 0 Å². The fourth-order valence-corrected chi connectivity index (χ4v) is 1.94. The molecule has 0 aromatic heterocycles. The smallest absolute Gasteiger partial charge is 0.303 e. The Kier molecular flexibility index (Phi) is 3.81. The molecule has 2 N–H and O–H groups in total. The number of hydrogen-bond donors (Lipinski definition) is 2. The molecule has 0 radical (unpaired) electrons. The molecule has 0 saturated heterocycles. The van der Waals surface area contributed by atoms with Gasteiger partial charge in [0.05, 0.1) is 6.42 Å². The second kappa shape index (κ2) is 4.78. The Labute approximate surface area is 102 Å². The number of rotatable bonds is 3. The van der Waals surface area contributed by atoms with Gasteiger partial charge < -0.3 is 10.2 Å². The van der Waals surface area contributed by atoms with E-state index in [9.17, 15) is 9.90 Å². The summed E-state index contributed by atoms with van der Waals surface area (Å²) in [6.07, 6.45) is 0.0289. The largest absolute Gasteiger partial charge is 0.507 e. The van der Waals surface area contributed by atoms with Crippen molar-refractivity contribution in [2.24, 2.45) is 0 Å². The van der Waals surface area contributed by atoms with E-state index >= 15 is 0 Å². The molecule has 0 saturated carbocycles. The monoisotopic (exact) mass is 236 g/mol. The van der Waals surface area contributed by atoms with Crippen LogP contribution in [-0.2, 0) is 10.2 Å². The van der Waals surface area contributed by atoms with Crippen LogP contribution >= 0.6 is 0 Å². The van der Waals surface area contributed by atoms with Crippen molar-refractivity contribution in [1.82, 2.24) is 0 Å². The maximum atomic E-state index is 10.7. The average molecular weight is 236 g/mol. The fourth-order valence-electron chi connectivity index (χ4n) is 1.94. The summed E-state index contributed by atoms with van der Waals surface area (Å²) in [7, 11) is 0. The molecule has 3 nitrogen and oxygen atoms in total. The zero-order valence-corrected chi connectivity index (χ0v) is 10.8. The van der Waals surface area contributed by atoms with Gasteiger partial charge in [-0.2, -0.15) is 0 Å². The fraction of sp³-hybridized carbons (Fsp3) is 0.500. The maximum absolute atomic E-state index is 10.7. The highest BCUT2D eigenvalue weighted by atomic mass is 16.4. The van der Waals surface area contributed by atoms with Gasteiger partial charge in [-0.15, -0.1) is 0 Å². The van der Waals surface area contributed by atoms with Crippen LogP contribution in [0.4, 0.5) is 0 Å². The van der Waals surface area contributed by atoms with Crippen LogP contribution in [0.3, 0.4) is 0 Å². The van der Waals surface area contributed by atoms with Crippen LogP contribution in [0, 0.1) is 0 Å². The lowest BCUT2D eigenvalue weighted by Gasteiger charge is -2.23. The van der Waals surface area contributed by atoms with E-state index in [4.69, 9.17) is 5.11 Å². The second-order valence-electron chi connectivity index (χ2n) is 5.49. The van der Waals surface area contributed by atoms with Gasteiger partial charge in [0.2, 0.25) is 0 Å². The van der Waals surface area contributed by atoms with Crippen LogP contribution in [0.15, 0.2) is 18.2 Å². The van der Waals surface area contributed by atoms with Crippen LogP contribution in [0.5, 0.6) is 5.75 Å². The molecule has 3 heteroatoms. The van der Waals surface area contributed by atoms with Gasteiger partial charge in [-0.25, -0.2) is 0 Å². The van der Waals surface area contributed by atoms with Gasteiger partial charge in [-0.3, -0.25) is 4.79 Å². The van der Waals surface area contributed by atoms with Crippen molar-refractivity contribution >= 4 is 5.97 Å². The van der Waals surface area contributed by atoms with Crippen LogP contribution < -0.4 is 0 Å². The molecule has 1 rings (SSSR count). The van der Waals surface area contributed by atoms with Gasteiger partial charge in [-0.05, 0) is 22.5 Å². The van der Waals surface area contributed by atoms with Crippen molar-refractivity contribution in [1.29, 1.82) is 0 Å². The van der Waals surface area contributed by atoms with Gasteiger partial charge in [-0.1, -0.05) is 45.9 Å². The molecule has 1 atom stereocenters. The molecule has 1 aromatic rings. The number of phenolic OH excluding ortho intramolecular Hbond substituents is 1. The number of hydrogen-bond acceptors (Lipinski definition) is 2.